The van der Waals surface area contributed by atoms with Gasteiger partial charge in [0.15, 0.2) is 0 Å². The maximum absolute atomic E-state index is 12.2. The molecule has 1 aliphatic rings. The van der Waals surface area contributed by atoms with Crippen molar-refractivity contribution in [3.63, 3.8) is 0 Å². The number of benzene rings is 1. The molecule has 2 rings (SSSR count). The Bertz CT molecular complexity index is 554. The van der Waals surface area contributed by atoms with E-state index in [4.69, 9.17) is 4.74 Å². The molecule has 1 aromatic rings. The first-order chi connectivity index (χ1) is 10.7. The summed E-state index contributed by atoms with van der Waals surface area (Å²) in [6.07, 6.45) is 0. The predicted octanol–water partition coefficient (Wildman–Crippen LogP) is 0.986. The molecule has 1 aliphatic heterocycles. The van der Waals surface area contributed by atoms with Gasteiger partial charge in [-0.05, 0) is 24.7 Å². The molecule has 3 N–H and O–H groups in total. The summed E-state index contributed by atoms with van der Waals surface area (Å²) >= 11 is 0. The zero-order chi connectivity index (χ0) is 15.9. The fourth-order valence-corrected chi connectivity index (χ4v) is 2.29. The molecule has 8 heteroatoms. The lowest BCUT2D eigenvalue weighted by Gasteiger charge is -2.18. The number of hydrogen-bond donors (Lipinski definition) is 3. The molecule has 0 radical (unpaired) electrons. The van der Waals surface area contributed by atoms with Crippen molar-refractivity contribution in [2.45, 2.75) is 6.92 Å². The van der Waals surface area contributed by atoms with E-state index < -0.39 is 0 Å². The smallest absolute Gasteiger partial charge is 0.322 e. The second-order valence-corrected chi connectivity index (χ2v) is 4.88. The Labute approximate surface area is 142 Å². The van der Waals surface area contributed by atoms with Gasteiger partial charge in [0.05, 0.1) is 12.8 Å². The van der Waals surface area contributed by atoms with Crippen LogP contribution in [-0.4, -0.2) is 51.8 Å². The third kappa shape index (κ3) is 4.74. The number of nitrogens with zero attached hydrogens (tertiary/aromatic N) is 1. The Morgan fingerprint density at radius 2 is 2.17 bits per heavy atom. The lowest BCUT2D eigenvalue weighted by atomic mass is 10.1. The summed E-state index contributed by atoms with van der Waals surface area (Å²) in [5.74, 6) is 0.405. The van der Waals surface area contributed by atoms with Crippen LogP contribution in [0, 0.1) is 0 Å². The lowest BCUT2D eigenvalue weighted by molar-refractivity contribution is 0.0954. The summed E-state index contributed by atoms with van der Waals surface area (Å²) in [5.41, 5.74) is 1.11. The van der Waals surface area contributed by atoms with Crippen molar-refractivity contribution in [2.75, 3.05) is 44.7 Å². The van der Waals surface area contributed by atoms with Crippen LogP contribution in [0.3, 0.4) is 0 Å². The Balaban J connectivity index is 0.00000264. The second-order valence-electron chi connectivity index (χ2n) is 4.88. The largest absolute Gasteiger partial charge is 0.495 e. The van der Waals surface area contributed by atoms with Gasteiger partial charge in [0.1, 0.15) is 5.75 Å². The van der Waals surface area contributed by atoms with Crippen molar-refractivity contribution in [1.82, 2.24) is 16.0 Å². The Morgan fingerprint density at radius 1 is 1.39 bits per heavy atom. The van der Waals surface area contributed by atoms with Crippen molar-refractivity contribution >= 4 is 30.0 Å². The molecular formula is C15H23ClN4O3. The highest BCUT2D eigenvalue weighted by Crippen LogP contribution is 2.30. The molecule has 23 heavy (non-hydrogen) atoms. The molecule has 0 aromatic heterocycles. The summed E-state index contributed by atoms with van der Waals surface area (Å²) in [6.45, 7) is 5.30. The summed E-state index contributed by atoms with van der Waals surface area (Å²) in [5, 5.41) is 8.72. The quantitative estimate of drug-likeness (QED) is 0.645. The molecule has 7 nitrogen and oxygen atoms in total. The topological polar surface area (TPSA) is 82.7 Å². The molecule has 0 aliphatic carbocycles. The minimum atomic E-state index is -0.178. The van der Waals surface area contributed by atoms with Crippen LogP contribution in [0.15, 0.2) is 18.2 Å². The van der Waals surface area contributed by atoms with E-state index in [9.17, 15) is 9.59 Å². The van der Waals surface area contributed by atoms with Gasteiger partial charge in [-0.15, -0.1) is 12.4 Å². The molecule has 0 saturated carbocycles. The second kappa shape index (κ2) is 9.22. The number of anilines is 1. The minimum Gasteiger partial charge on any atom is -0.495 e. The zero-order valence-corrected chi connectivity index (χ0v) is 14.2. The number of carbonyl (C=O) groups excluding carboxylic acids is 2. The molecule has 3 amide bonds. The third-order valence-electron chi connectivity index (χ3n) is 3.43. The molecule has 1 saturated heterocycles. The van der Waals surface area contributed by atoms with E-state index in [2.05, 4.69) is 16.0 Å². The number of ether oxygens (including phenoxy) is 1. The van der Waals surface area contributed by atoms with E-state index >= 15 is 0 Å². The molecule has 0 bridgehead atoms. The van der Waals surface area contributed by atoms with Gasteiger partial charge in [-0.25, -0.2) is 4.79 Å². The Kier molecular flexibility index (Phi) is 7.64. The van der Waals surface area contributed by atoms with Gasteiger partial charge in [-0.2, -0.15) is 0 Å². The van der Waals surface area contributed by atoms with Crippen molar-refractivity contribution in [1.29, 1.82) is 0 Å². The summed E-state index contributed by atoms with van der Waals surface area (Å²) < 4.78 is 5.29. The number of urea groups is 1. The summed E-state index contributed by atoms with van der Waals surface area (Å²) in [4.78, 5) is 25.6. The predicted molar refractivity (Wildman–Crippen MR) is 91.9 cm³/mol. The van der Waals surface area contributed by atoms with E-state index in [1.165, 1.54) is 0 Å². The van der Waals surface area contributed by atoms with Crippen LogP contribution in [0.2, 0.25) is 0 Å². The average molecular weight is 343 g/mol. The number of carbonyl (C=O) groups is 2. The van der Waals surface area contributed by atoms with Gasteiger partial charge in [0, 0.05) is 31.7 Å². The van der Waals surface area contributed by atoms with Gasteiger partial charge >= 0.3 is 6.03 Å². The maximum atomic E-state index is 12.2. The number of methoxy groups -OCH3 is 1. The summed E-state index contributed by atoms with van der Waals surface area (Å²) in [6, 6.07) is 4.91. The number of nitrogens with one attached hydrogen (secondary N) is 3. The van der Waals surface area contributed by atoms with Gasteiger partial charge < -0.3 is 20.7 Å². The first-order valence-electron chi connectivity index (χ1n) is 7.39. The number of halogens is 1. The standard InChI is InChI=1S/C15H22N4O3.ClH/c1-3-16-6-7-17-14(20)11-4-5-13(22-2)12(10-11)19-9-8-18-15(19)21;/h4-5,10,16H,3,6-9H2,1-2H3,(H,17,20)(H,18,21);1H. The van der Waals surface area contributed by atoms with Crippen molar-refractivity contribution in [3.8, 4) is 5.75 Å². The molecule has 0 atom stereocenters. The molecule has 1 aromatic carbocycles. The molecule has 1 fully saturated rings. The molecular weight excluding hydrogens is 320 g/mol. The molecule has 0 unspecified atom stereocenters. The first-order valence-corrected chi connectivity index (χ1v) is 7.39. The first kappa shape index (κ1) is 19.1. The van der Waals surface area contributed by atoms with Crippen LogP contribution < -0.4 is 25.6 Å². The van der Waals surface area contributed by atoms with Gasteiger partial charge in [-0.3, -0.25) is 9.69 Å². The average Bonchev–Trinajstić information content (AvgIpc) is 2.96. The van der Waals surface area contributed by atoms with Crippen LogP contribution >= 0.6 is 12.4 Å². The van der Waals surface area contributed by atoms with Crippen LogP contribution in [0.4, 0.5) is 10.5 Å². The van der Waals surface area contributed by atoms with Gasteiger partial charge in [-0.1, -0.05) is 6.92 Å². The van der Waals surface area contributed by atoms with E-state index in [-0.39, 0.29) is 24.3 Å². The van der Waals surface area contributed by atoms with Crippen LogP contribution in [0.5, 0.6) is 5.75 Å². The fourth-order valence-electron chi connectivity index (χ4n) is 2.29. The highest BCUT2D eigenvalue weighted by atomic mass is 35.5. The van der Waals surface area contributed by atoms with E-state index in [0.717, 1.165) is 13.1 Å². The normalized spacial score (nSPS) is 13.3. The van der Waals surface area contributed by atoms with Gasteiger partial charge in [0.25, 0.3) is 5.91 Å². The van der Waals surface area contributed by atoms with Crippen molar-refractivity contribution in [2.24, 2.45) is 0 Å². The maximum Gasteiger partial charge on any atom is 0.322 e. The van der Waals surface area contributed by atoms with Crippen LogP contribution in [0.1, 0.15) is 17.3 Å². The zero-order valence-electron chi connectivity index (χ0n) is 13.3. The fraction of sp³-hybridized carbons (Fsp3) is 0.467. The number of hydrogen-bond acceptors (Lipinski definition) is 4. The van der Waals surface area contributed by atoms with E-state index in [1.54, 1.807) is 30.2 Å². The highest BCUT2D eigenvalue weighted by molar-refractivity contribution is 5.99. The van der Waals surface area contributed by atoms with Crippen molar-refractivity contribution in [3.05, 3.63) is 23.8 Å². The van der Waals surface area contributed by atoms with Gasteiger partial charge in [0.2, 0.25) is 0 Å². The molecule has 1 heterocycles. The van der Waals surface area contributed by atoms with Crippen LogP contribution in [-0.2, 0) is 0 Å². The van der Waals surface area contributed by atoms with E-state index in [1.807, 2.05) is 6.92 Å². The highest BCUT2D eigenvalue weighted by Gasteiger charge is 2.25. The monoisotopic (exact) mass is 342 g/mol. The molecule has 128 valence electrons. The number of likely N-dealkylation sites (N-methyl/N-ethyl adjacent to an activating group) is 1. The number of amides is 3. The third-order valence-corrected chi connectivity index (χ3v) is 3.43. The van der Waals surface area contributed by atoms with Crippen LogP contribution in [0.25, 0.3) is 0 Å². The SMILES string of the molecule is CCNCCNC(=O)c1ccc(OC)c(N2CCNC2=O)c1.Cl. The Hall–Kier alpha value is -1.99. The van der Waals surface area contributed by atoms with E-state index in [0.29, 0.717) is 36.6 Å². The lowest BCUT2D eigenvalue weighted by Crippen LogP contribution is -2.32. The number of rotatable bonds is 7. The van der Waals surface area contributed by atoms with Crippen molar-refractivity contribution < 1.29 is 14.3 Å². The summed E-state index contributed by atoms with van der Waals surface area (Å²) in [7, 11) is 1.54. The minimum absolute atomic E-state index is 0. The Morgan fingerprint density at radius 3 is 2.78 bits per heavy atom. The molecule has 0 spiro atoms.